The fraction of sp³-hybridized carbons (Fsp3) is 0. The molecule has 0 unspecified atom stereocenters. The topological polar surface area (TPSA) is 0 Å². The number of rotatable bonds is 0. The van der Waals surface area contributed by atoms with E-state index in [2.05, 4.69) is 33.3 Å². The smallest absolute Gasteiger partial charge is 0.171 e. The Balaban J connectivity index is 0.000000187. The van der Waals surface area contributed by atoms with Gasteiger partial charge in [0.1, 0.15) is 0 Å². The average Bonchev–Trinajstić information content (AvgIpc) is 1.93. The second-order valence-corrected chi connectivity index (χ2v) is 9.15. The summed E-state index contributed by atoms with van der Waals surface area (Å²) >= 11 is 6.64. The van der Waals surface area contributed by atoms with E-state index < -0.39 is 0 Å². The van der Waals surface area contributed by atoms with Crippen LogP contribution >= 0.6 is 27.2 Å². The molecule has 3 heteroatoms. The molecule has 9 heavy (non-hydrogen) atoms. The van der Waals surface area contributed by atoms with Crippen LogP contribution in [0, 0.1) is 6.07 Å². The van der Waals surface area contributed by atoms with Crippen LogP contribution in [0.2, 0.25) is 0 Å². The third kappa shape index (κ3) is 8.80. The van der Waals surface area contributed by atoms with Gasteiger partial charge in [0.15, 0.2) is 0 Å². The minimum atomic E-state index is 0.335. The van der Waals surface area contributed by atoms with Crippen molar-refractivity contribution in [3.05, 3.63) is 36.4 Å². The standard InChI is InChI=1S/C6H5.2BrH.Ru/c1-2-4-6-5-3-1;;;/h1-5H;2*1H;/q-1;;;+2/p-2. The molecule has 0 aliphatic rings. The van der Waals surface area contributed by atoms with Gasteiger partial charge >= 0.3 is 40.5 Å². The fourth-order valence-corrected chi connectivity index (χ4v) is 0.342. The minimum absolute atomic E-state index is 0.335. The number of hydrogen-bond donors (Lipinski definition) is 0. The molecule has 1 aromatic rings. The Hall–Kier alpha value is 0.803. The molecule has 0 atom stereocenters. The molecule has 0 aliphatic heterocycles. The van der Waals surface area contributed by atoms with E-state index in [-0.39, 0.29) is 0 Å². The number of hydrogen-bond acceptors (Lipinski definition) is 0. The van der Waals surface area contributed by atoms with Crippen molar-refractivity contribution in [2.75, 3.05) is 0 Å². The van der Waals surface area contributed by atoms with Gasteiger partial charge in [-0.25, -0.2) is 0 Å². The molecule has 0 heterocycles. The molecule has 0 bridgehead atoms. The van der Waals surface area contributed by atoms with Crippen molar-refractivity contribution >= 4 is 27.2 Å². The van der Waals surface area contributed by atoms with E-state index in [0.29, 0.717) is 13.2 Å². The SMILES string of the molecule is [Br][Ru][Br].[c-]1ccccc1. The summed E-state index contributed by atoms with van der Waals surface area (Å²) < 4.78 is 0. The molecular formula is C6H5Br2Ru-. The summed E-state index contributed by atoms with van der Waals surface area (Å²) in [5, 5.41) is 0. The Bertz CT molecular complexity index is 93.9. The number of benzene rings is 1. The van der Waals surface area contributed by atoms with Crippen molar-refractivity contribution < 1.29 is 13.2 Å². The largest absolute Gasteiger partial charge is 0.184 e. The summed E-state index contributed by atoms with van der Waals surface area (Å²) in [4.78, 5) is 0. The van der Waals surface area contributed by atoms with Gasteiger partial charge in [-0.2, -0.15) is 36.4 Å². The molecule has 0 fully saturated rings. The van der Waals surface area contributed by atoms with Crippen LogP contribution in [0.15, 0.2) is 30.3 Å². The van der Waals surface area contributed by atoms with E-state index in [1.165, 1.54) is 0 Å². The van der Waals surface area contributed by atoms with E-state index in [9.17, 15) is 0 Å². The summed E-state index contributed by atoms with van der Waals surface area (Å²) in [5.41, 5.74) is 0. The molecule has 0 saturated carbocycles. The Morgan fingerprint density at radius 3 is 1.56 bits per heavy atom. The van der Waals surface area contributed by atoms with E-state index >= 15 is 0 Å². The van der Waals surface area contributed by atoms with E-state index in [1.807, 2.05) is 30.3 Å². The van der Waals surface area contributed by atoms with Crippen LogP contribution in [0.4, 0.5) is 0 Å². The summed E-state index contributed by atoms with van der Waals surface area (Å²) in [5.74, 6) is 0. The third-order valence-electron chi connectivity index (χ3n) is 0.607. The average molecular weight is 338 g/mol. The molecule has 0 aromatic heterocycles. The Labute approximate surface area is 76.4 Å². The molecule has 0 N–H and O–H groups in total. The van der Waals surface area contributed by atoms with Gasteiger partial charge in [-0.1, -0.05) is 0 Å². The molecule has 52 valence electrons. The summed E-state index contributed by atoms with van der Waals surface area (Å²) in [6.07, 6.45) is 0. The maximum atomic E-state index is 3.15. The predicted octanol–water partition coefficient (Wildman–Crippen LogP) is 3.18. The van der Waals surface area contributed by atoms with Gasteiger partial charge in [-0.3, -0.25) is 0 Å². The van der Waals surface area contributed by atoms with Crippen molar-refractivity contribution in [1.29, 1.82) is 0 Å². The zero-order chi connectivity index (χ0) is 6.95. The molecule has 0 radical (unpaired) electrons. The Kier molecular flexibility index (Phi) is 9.59. The third-order valence-corrected chi connectivity index (χ3v) is 0.607. The van der Waals surface area contributed by atoms with Gasteiger partial charge in [0.05, 0.1) is 0 Å². The quantitative estimate of drug-likeness (QED) is 0.504. The molecule has 0 amide bonds. The number of halogens is 2. The van der Waals surface area contributed by atoms with Gasteiger partial charge < -0.3 is 0 Å². The van der Waals surface area contributed by atoms with Crippen LogP contribution in [0.25, 0.3) is 0 Å². The monoisotopic (exact) mass is 337 g/mol. The first-order valence-electron chi connectivity index (χ1n) is 2.18. The fourth-order valence-electron chi connectivity index (χ4n) is 0.342. The van der Waals surface area contributed by atoms with Gasteiger partial charge in [-0.05, 0) is 0 Å². The molecule has 0 spiro atoms. The van der Waals surface area contributed by atoms with E-state index in [1.54, 1.807) is 0 Å². The van der Waals surface area contributed by atoms with Crippen LogP contribution in [0.5, 0.6) is 0 Å². The zero-order valence-electron chi connectivity index (χ0n) is 4.50. The van der Waals surface area contributed by atoms with Crippen LogP contribution in [0.3, 0.4) is 0 Å². The maximum Gasteiger partial charge on any atom is -0.171 e. The first-order chi connectivity index (χ1) is 4.41. The first-order valence-corrected chi connectivity index (χ1v) is 10.1. The van der Waals surface area contributed by atoms with Crippen molar-refractivity contribution in [3.8, 4) is 0 Å². The van der Waals surface area contributed by atoms with Crippen molar-refractivity contribution in [2.24, 2.45) is 0 Å². The van der Waals surface area contributed by atoms with Crippen LogP contribution in [-0.2, 0) is 13.2 Å². The summed E-state index contributed by atoms with van der Waals surface area (Å²) in [7, 11) is 0. The van der Waals surface area contributed by atoms with E-state index in [0.717, 1.165) is 0 Å². The normalized spacial score (nSPS) is 7.78. The van der Waals surface area contributed by atoms with E-state index in [4.69, 9.17) is 0 Å². The van der Waals surface area contributed by atoms with Crippen molar-refractivity contribution in [2.45, 2.75) is 0 Å². The predicted molar refractivity (Wildman–Crippen MR) is 43.1 cm³/mol. The molecular weight excluding hydrogens is 333 g/mol. The van der Waals surface area contributed by atoms with Crippen molar-refractivity contribution in [3.63, 3.8) is 0 Å². The van der Waals surface area contributed by atoms with Crippen LogP contribution in [-0.4, -0.2) is 0 Å². The molecule has 1 rings (SSSR count). The van der Waals surface area contributed by atoms with Gasteiger partial charge in [-0.15, -0.1) is 0 Å². The molecule has 1 aromatic carbocycles. The zero-order valence-corrected chi connectivity index (χ0v) is 9.41. The first kappa shape index (κ1) is 9.80. The summed E-state index contributed by atoms with van der Waals surface area (Å²) in [6.45, 7) is 0. The second kappa shape index (κ2) is 8.80. The van der Waals surface area contributed by atoms with Gasteiger partial charge in [0.2, 0.25) is 0 Å². The molecule has 0 aliphatic carbocycles. The second-order valence-electron chi connectivity index (χ2n) is 1.13. The van der Waals surface area contributed by atoms with Gasteiger partial charge in [0.25, 0.3) is 0 Å². The Morgan fingerprint density at radius 1 is 1.00 bits per heavy atom. The van der Waals surface area contributed by atoms with Crippen LogP contribution in [0.1, 0.15) is 0 Å². The molecule has 0 nitrogen and oxygen atoms in total. The van der Waals surface area contributed by atoms with Crippen LogP contribution < -0.4 is 0 Å². The van der Waals surface area contributed by atoms with Gasteiger partial charge in [0, 0.05) is 0 Å². The van der Waals surface area contributed by atoms with Crippen molar-refractivity contribution in [1.82, 2.24) is 0 Å². The summed E-state index contributed by atoms with van der Waals surface area (Å²) in [6, 6.07) is 12.5. The molecule has 0 saturated heterocycles. The maximum absolute atomic E-state index is 3.15. The minimum Gasteiger partial charge on any atom is -0.184 e. The Morgan fingerprint density at radius 2 is 1.44 bits per heavy atom.